The first kappa shape index (κ1) is 19.4. The fourth-order valence-electron chi connectivity index (χ4n) is 2.27. The third-order valence-corrected chi connectivity index (χ3v) is 4.30. The van der Waals surface area contributed by atoms with Gasteiger partial charge in [0.25, 0.3) is 0 Å². The van der Waals surface area contributed by atoms with Gasteiger partial charge in [-0.15, -0.1) is 0 Å². The van der Waals surface area contributed by atoms with E-state index in [2.05, 4.69) is 53.4 Å². The summed E-state index contributed by atoms with van der Waals surface area (Å²) in [6.07, 6.45) is 1.61. The second-order valence-corrected chi connectivity index (χ2v) is 6.84. The number of hydrogen-bond donors (Lipinski definition) is 1. The number of pyridine rings is 1. The predicted octanol–water partition coefficient (Wildman–Crippen LogP) is 4.39. The molecule has 0 aliphatic carbocycles. The monoisotopic (exact) mass is 466 g/mol. The van der Waals surface area contributed by atoms with E-state index >= 15 is 0 Å². The molecule has 0 saturated carbocycles. The van der Waals surface area contributed by atoms with Gasteiger partial charge in [-0.05, 0) is 41.1 Å². The van der Waals surface area contributed by atoms with E-state index in [1.54, 1.807) is 20.4 Å². The number of hydrazone groups is 1. The number of methoxy groups -OCH3 is 2. The minimum Gasteiger partial charge on any atom is -0.495 e. The highest BCUT2D eigenvalue weighted by atomic mass is 79.9. The van der Waals surface area contributed by atoms with Crippen LogP contribution in [0.15, 0.2) is 32.2 Å². The highest BCUT2D eigenvalue weighted by Crippen LogP contribution is 2.31. The molecule has 8 heteroatoms. The highest BCUT2D eigenvalue weighted by Gasteiger charge is 2.11. The molecular weight excluding hydrogens is 452 g/mol. The normalized spacial score (nSPS) is 10.7. The molecule has 0 aliphatic rings. The van der Waals surface area contributed by atoms with E-state index in [4.69, 9.17) is 9.47 Å². The van der Waals surface area contributed by atoms with Crippen molar-refractivity contribution < 1.29 is 9.47 Å². The fourth-order valence-corrected chi connectivity index (χ4v) is 3.69. The summed E-state index contributed by atoms with van der Waals surface area (Å²) in [5.74, 6) is 1.05. The fraction of sp³-hybridized carbons (Fsp3) is 0.235. The van der Waals surface area contributed by atoms with E-state index in [1.165, 1.54) is 0 Å². The minimum atomic E-state index is 0.330. The first-order chi connectivity index (χ1) is 12.0. The Morgan fingerprint density at radius 1 is 1.32 bits per heavy atom. The molecule has 130 valence electrons. The number of nitrogens with one attached hydrogen (secondary N) is 1. The van der Waals surface area contributed by atoms with Crippen molar-refractivity contribution in [3.8, 4) is 11.8 Å². The third kappa shape index (κ3) is 4.78. The Hall–Kier alpha value is -1.95. The molecule has 25 heavy (non-hydrogen) atoms. The predicted molar refractivity (Wildman–Crippen MR) is 104 cm³/mol. The van der Waals surface area contributed by atoms with Crippen molar-refractivity contribution >= 4 is 43.9 Å². The maximum Gasteiger partial charge on any atom is 0.164 e. The molecule has 1 heterocycles. The van der Waals surface area contributed by atoms with Crippen LogP contribution >= 0.6 is 31.9 Å². The molecule has 1 N–H and O–H groups in total. The van der Waals surface area contributed by atoms with Crippen molar-refractivity contribution in [3.05, 3.63) is 49.5 Å². The average molecular weight is 468 g/mol. The summed E-state index contributed by atoms with van der Waals surface area (Å²) in [4.78, 5) is 4.34. The average Bonchev–Trinajstić information content (AvgIpc) is 2.54. The van der Waals surface area contributed by atoms with E-state index < -0.39 is 0 Å². The Morgan fingerprint density at radius 2 is 2.08 bits per heavy atom. The summed E-state index contributed by atoms with van der Waals surface area (Å²) in [6.45, 7) is 2.18. The molecule has 0 spiro atoms. The number of nitrogens with zero attached hydrogens (tertiary/aromatic N) is 3. The van der Waals surface area contributed by atoms with Gasteiger partial charge in [0, 0.05) is 28.4 Å². The van der Waals surface area contributed by atoms with Gasteiger partial charge in [-0.1, -0.05) is 15.9 Å². The van der Waals surface area contributed by atoms with E-state index in [9.17, 15) is 5.26 Å². The number of rotatable bonds is 6. The van der Waals surface area contributed by atoms with Gasteiger partial charge < -0.3 is 9.47 Å². The lowest BCUT2D eigenvalue weighted by Gasteiger charge is -2.10. The molecule has 2 rings (SSSR count). The smallest absolute Gasteiger partial charge is 0.164 e. The van der Waals surface area contributed by atoms with Gasteiger partial charge in [-0.2, -0.15) is 10.4 Å². The van der Waals surface area contributed by atoms with E-state index in [0.717, 1.165) is 25.8 Å². The van der Waals surface area contributed by atoms with Crippen LogP contribution in [0, 0.1) is 18.3 Å². The second kappa shape index (κ2) is 8.94. The van der Waals surface area contributed by atoms with Crippen LogP contribution in [-0.4, -0.2) is 25.4 Å². The zero-order chi connectivity index (χ0) is 18.4. The largest absolute Gasteiger partial charge is 0.495 e. The lowest BCUT2D eigenvalue weighted by Crippen LogP contribution is -2.04. The number of ether oxygens (including phenoxy) is 2. The van der Waals surface area contributed by atoms with Crippen LogP contribution in [0.1, 0.15) is 22.4 Å². The molecule has 6 nitrogen and oxygen atoms in total. The second-order valence-electron chi connectivity index (χ2n) is 5.07. The molecule has 0 amide bonds. The van der Waals surface area contributed by atoms with Gasteiger partial charge in [0.1, 0.15) is 17.4 Å². The molecule has 0 fully saturated rings. The zero-order valence-corrected chi connectivity index (χ0v) is 17.1. The lowest BCUT2D eigenvalue weighted by molar-refractivity contribution is 0.184. The van der Waals surface area contributed by atoms with E-state index in [-0.39, 0.29) is 0 Å². The Labute approximate surface area is 163 Å². The van der Waals surface area contributed by atoms with Crippen molar-refractivity contribution in [3.63, 3.8) is 0 Å². The quantitative estimate of drug-likeness (QED) is 0.503. The van der Waals surface area contributed by atoms with Gasteiger partial charge in [-0.25, -0.2) is 4.98 Å². The molecule has 0 unspecified atom stereocenters. The van der Waals surface area contributed by atoms with Gasteiger partial charge in [0.05, 0.1) is 24.4 Å². The lowest BCUT2D eigenvalue weighted by atomic mass is 10.1. The summed E-state index contributed by atoms with van der Waals surface area (Å²) in [7, 11) is 3.17. The van der Waals surface area contributed by atoms with E-state index in [0.29, 0.717) is 23.7 Å². The van der Waals surface area contributed by atoms with Crippen LogP contribution in [0.2, 0.25) is 0 Å². The third-order valence-electron chi connectivity index (χ3n) is 3.26. The number of nitriles is 1. The minimum absolute atomic E-state index is 0.330. The molecule has 0 atom stereocenters. The van der Waals surface area contributed by atoms with Crippen molar-refractivity contribution in [1.82, 2.24) is 4.98 Å². The van der Waals surface area contributed by atoms with Crippen LogP contribution in [0.4, 0.5) is 5.82 Å². The highest BCUT2D eigenvalue weighted by molar-refractivity contribution is 9.11. The number of benzene rings is 1. The van der Waals surface area contributed by atoms with Gasteiger partial charge in [0.15, 0.2) is 5.82 Å². The Balaban J connectivity index is 2.33. The zero-order valence-electron chi connectivity index (χ0n) is 13.9. The number of aryl methyl sites for hydroxylation is 1. The van der Waals surface area contributed by atoms with Crippen molar-refractivity contribution in [1.29, 1.82) is 5.26 Å². The van der Waals surface area contributed by atoms with Crippen LogP contribution in [-0.2, 0) is 11.3 Å². The molecular formula is C17H16Br2N4O2. The molecule has 1 aromatic heterocycles. The molecule has 1 aromatic carbocycles. The molecule has 0 saturated heterocycles. The molecule has 0 aliphatic heterocycles. The molecule has 0 radical (unpaired) electrons. The maximum atomic E-state index is 9.42. The van der Waals surface area contributed by atoms with E-state index in [1.807, 2.05) is 25.1 Å². The standard InChI is InChI=1S/C17H16Br2N4O2/c1-10-4-12(9-24-2)14(7-20)17(22-10)23-21-8-11-5-13(18)6-15(19)16(11)25-3/h4-6,8H,9H2,1-3H3,(H,22,23). The topological polar surface area (TPSA) is 79.5 Å². The van der Waals surface area contributed by atoms with Crippen molar-refractivity contribution in [2.24, 2.45) is 5.10 Å². The van der Waals surface area contributed by atoms with Crippen LogP contribution < -0.4 is 10.2 Å². The molecule has 0 bridgehead atoms. The Kier molecular flexibility index (Phi) is 6.93. The number of hydrogen-bond acceptors (Lipinski definition) is 6. The Morgan fingerprint density at radius 3 is 2.72 bits per heavy atom. The first-order valence-corrected chi connectivity index (χ1v) is 8.80. The van der Waals surface area contributed by atoms with Crippen molar-refractivity contribution in [2.45, 2.75) is 13.5 Å². The first-order valence-electron chi connectivity index (χ1n) is 7.21. The van der Waals surface area contributed by atoms with Gasteiger partial charge >= 0.3 is 0 Å². The summed E-state index contributed by atoms with van der Waals surface area (Å²) < 4.78 is 12.2. The number of anilines is 1. The molecule has 2 aromatic rings. The number of aromatic nitrogens is 1. The SMILES string of the molecule is COCc1cc(C)nc(NN=Cc2cc(Br)cc(Br)c2OC)c1C#N. The summed E-state index contributed by atoms with van der Waals surface area (Å²) in [5, 5.41) is 13.6. The summed E-state index contributed by atoms with van der Waals surface area (Å²) in [6, 6.07) is 7.73. The van der Waals surface area contributed by atoms with Crippen molar-refractivity contribution in [2.75, 3.05) is 19.6 Å². The Bertz CT molecular complexity index is 848. The number of halogens is 2. The van der Waals surface area contributed by atoms with Crippen LogP contribution in [0.25, 0.3) is 0 Å². The van der Waals surface area contributed by atoms with Crippen LogP contribution in [0.3, 0.4) is 0 Å². The van der Waals surface area contributed by atoms with Gasteiger partial charge in [0.2, 0.25) is 0 Å². The summed E-state index contributed by atoms with van der Waals surface area (Å²) >= 11 is 6.88. The summed E-state index contributed by atoms with van der Waals surface area (Å²) in [5.41, 5.74) is 5.54. The van der Waals surface area contributed by atoms with Crippen LogP contribution in [0.5, 0.6) is 5.75 Å². The van der Waals surface area contributed by atoms with Gasteiger partial charge in [-0.3, -0.25) is 5.43 Å². The maximum absolute atomic E-state index is 9.42.